The fourth-order valence-electron chi connectivity index (χ4n) is 4.02. The number of amides is 1. The van der Waals surface area contributed by atoms with Crippen LogP contribution in [0.25, 0.3) is 5.76 Å². The van der Waals surface area contributed by atoms with Crippen molar-refractivity contribution in [3.63, 3.8) is 0 Å². The summed E-state index contributed by atoms with van der Waals surface area (Å²) in [5, 5.41) is 22.6. The molecule has 1 amide bonds. The van der Waals surface area contributed by atoms with Crippen molar-refractivity contribution < 1.29 is 29.1 Å². The van der Waals surface area contributed by atoms with Gasteiger partial charge in [-0.2, -0.15) is 0 Å². The van der Waals surface area contributed by atoms with Crippen LogP contribution in [0.4, 0.5) is 5.69 Å². The molecule has 0 aromatic heterocycles. The monoisotopic (exact) mass is 482 g/mol. The van der Waals surface area contributed by atoms with Crippen LogP contribution in [0, 0.1) is 23.0 Å². The summed E-state index contributed by atoms with van der Waals surface area (Å²) in [6.45, 7) is 6.98. The molecule has 2 aromatic rings. The van der Waals surface area contributed by atoms with Crippen molar-refractivity contribution in [3.05, 3.63) is 74.8 Å². The zero-order chi connectivity index (χ0) is 25.7. The maximum atomic E-state index is 13.1. The van der Waals surface area contributed by atoms with Gasteiger partial charge in [-0.3, -0.25) is 19.7 Å². The molecule has 9 nitrogen and oxygen atoms in total. The summed E-state index contributed by atoms with van der Waals surface area (Å²) in [4.78, 5) is 38.2. The Morgan fingerprint density at radius 3 is 2.57 bits per heavy atom. The molecular formula is C26H30N2O7. The number of nitro groups is 1. The molecule has 1 saturated heterocycles. The highest BCUT2D eigenvalue weighted by molar-refractivity contribution is 6.46. The van der Waals surface area contributed by atoms with Crippen molar-refractivity contribution in [1.82, 2.24) is 4.90 Å². The standard InChI is InChI=1S/C26H30N2O7/c1-16(2)15-35-21-10-9-19(13-17(21)3)24(29)22-23(18-7-5-8-20(14-18)28(32)33)27(11-6-12-34-4)26(31)25(22)30/h5,7-10,13-14,16,23,29H,6,11-12,15H2,1-4H3/t23-/m0/s1. The van der Waals surface area contributed by atoms with E-state index in [1.165, 1.54) is 30.2 Å². The molecule has 0 bridgehead atoms. The summed E-state index contributed by atoms with van der Waals surface area (Å²) >= 11 is 0. The lowest BCUT2D eigenvalue weighted by atomic mass is 9.94. The molecule has 1 atom stereocenters. The number of non-ortho nitro benzene ring substituents is 1. The largest absolute Gasteiger partial charge is 0.507 e. The number of carbonyl (C=O) groups excluding carboxylic acids is 2. The van der Waals surface area contributed by atoms with Crippen molar-refractivity contribution in [1.29, 1.82) is 0 Å². The van der Waals surface area contributed by atoms with E-state index in [0.29, 0.717) is 42.4 Å². The first kappa shape index (κ1) is 25.9. The van der Waals surface area contributed by atoms with Gasteiger partial charge in [0.15, 0.2) is 0 Å². The van der Waals surface area contributed by atoms with Crippen molar-refractivity contribution in [2.24, 2.45) is 5.92 Å². The molecule has 1 fully saturated rings. The summed E-state index contributed by atoms with van der Waals surface area (Å²) in [5.74, 6) is -0.952. The van der Waals surface area contributed by atoms with E-state index in [0.717, 1.165) is 5.56 Å². The molecule has 1 aliphatic heterocycles. The fraction of sp³-hybridized carbons (Fsp3) is 0.385. The van der Waals surface area contributed by atoms with Crippen LogP contribution in [0.2, 0.25) is 0 Å². The highest BCUT2D eigenvalue weighted by atomic mass is 16.6. The second-order valence-electron chi connectivity index (χ2n) is 8.88. The Balaban J connectivity index is 2.10. The van der Waals surface area contributed by atoms with E-state index in [-0.39, 0.29) is 23.6 Å². The van der Waals surface area contributed by atoms with Crippen LogP contribution in [0.1, 0.15) is 43.0 Å². The van der Waals surface area contributed by atoms with Gasteiger partial charge in [0.05, 0.1) is 23.1 Å². The number of aryl methyl sites for hydroxylation is 1. The minimum absolute atomic E-state index is 0.108. The molecule has 0 aliphatic carbocycles. The lowest BCUT2D eigenvalue weighted by Gasteiger charge is -2.25. The molecule has 9 heteroatoms. The van der Waals surface area contributed by atoms with Crippen LogP contribution in [-0.4, -0.2) is 53.5 Å². The second kappa shape index (κ2) is 11.1. The van der Waals surface area contributed by atoms with E-state index in [4.69, 9.17) is 9.47 Å². The Kier molecular flexibility index (Phi) is 8.24. The van der Waals surface area contributed by atoms with Gasteiger partial charge in [-0.1, -0.05) is 26.0 Å². The third-order valence-corrected chi connectivity index (χ3v) is 5.70. The lowest BCUT2D eigenvalue weighted by molar-refractivity contribution is -0.384. The average Bonchev–Trinajstić information content (AvgIpc) is 3.08. The smallest absolute Gasteiger partial charge is 0.295 e. The molecule has 3 rings (SSSR count). The molecule has 186 valence electrons. The van der Waals surface area contributed by atoms with Gasteiger partial charge in [-0.05, 0) is 48.6 Å². The number of nitrogens with zero attached hydrogens (tertiary/aromatic N) is 2. The minimum atomic E-state index is -0.969. The number of nitro benzene ring substituents is 1. The Bertz CT molecular complexity index is 1160. The number of hydrogen-bond acceptors (Lipinski definition) is 7. The van der Waals surface area contributed by atoms with E-state index >= 15 is 0 Å². The van der Waals surface area contributed by atoms with Crippen molar-refractivity contribution in [2.75, 3.05) is 26.9 Å². The van der Waals surface area contributed by atoms with Gasteiger partial charge in [-0.15, -0.1) is 0 Å². The molecule has 1 N–H and O–H groups in total. The van der Waals surface area contributed by atoms with Gasteiger partial charge < -0.3 is 19.5 Å². The zero-order valence-electron chi connectivity index (χ0n) is 20.3. The number of aliphatic hydroxyl groups excluding tert-OH is 1. The maximum Gasteiger partial charge on any atom is 0.295 e. The SMILES string of the molecule is COCCCN1C(=O)C(=O)C(=C(O)c2ccc(OCC(C)C)c(C)c2)[C@@H]1c1cccc([N+](=O)[O-])c1. The molecule has 2 aromatic carbocycles. The van der Waals surface area contributed by atoms with E-state index in [1.807, 2.05) is 20.8 Å². The van der Waals surface area contributed by atoms with Gasteiger partial charge in [0.1, 0.15) is 11.5 Å². The van der Waals surface area contributed by atoms with Crippen LogP contribution in [-0.2, 0) is 14.3 Å². The van der Waals surface area contributed by atoms with Gasteiger partial charge in [-0.25, -0.2) is 0 Å². The van der Waals surface area contributed by atoms with Crippen LogP contribution in [0.5, 0.6) is 5.75 Å². The van der Waals surface area contributed by atoms with E-state index < -0.39 is 22.7 Å². The van der Waals surface area contributed by atoms with Crippen molar-refractivity contribution in [3.8, 4) is 5.75 Å². The zero-order valence-corrected chi connectivity index (χ0v) is 20.3. The quantitative estimate of drug-likeness (QED) is 0.133. The Labute approximate surface area is 204 Å². The number of methoxy groups -OCH3 is 1. The average molecular weight is 483 g/mol. The number of ether oxygens (including phenoxy) is 2. The van der Waals surface area contributed by atoms with Gasteiger partial charge >= 0.3 is 0 Å². The number of benzene rings is 2. The Morgan fingerprint density at radius 2 is 1.94 bits per heavy atom. The summed E-state index contributed by atoms with van der Waals surface area (Å²) in [6.07, 6.45) is 0.454. The predicted molar refractivity (Wildman–Crippen MR) is 130 cm³/mol. The molecular weight excluding hydrogens is 452 g/mol. The molecule has 35 heavy (non-hydrogen) atoms. The summed E-state index contributed by atoms with van der Waals surface area (Å²) in [6, 6.07) is 9.81. The molecule has 0 saturated carbocycles. The first-order chi connectivity index (χ1) is 16.6. The molecule has 0 radical (unpaired) electrons. The van der Waals surface area contributed by atoms with Crippen LogP contribution in [0.15, 0.2) is 48.0 Å². The predicted octanol–water partition coefficient (Wildman–Crippen LogP) is 4.40. The normalized spacial score (nSPS) is 17.3. The summed E-state index contributed by atoms with van der Waals surface area (Å²) < 4.78 is 10.9. The number of ketones is 1. The molecule has 0 unspecified atom stereocenters. The van der Waals surface area contributed by atoms with Gasteiger partial charge in [0, 0.05) is 38.0 Å². The second-order valence-corrected chi connectivity index (χ2v) is 8.88. The number of likely N-dealkylation sites (tertiary alicyclic amines) is 1. The topological polar surface area (TPSA) is 119 Å². The summed E-state index contributed by atoms with van der Waals surface area (Å²) in [5.41, 5.74) is 1.20. The van der Waals surface area contributed by atoms with Gasteiger partial charge in [0.2, 0.25) is 0 Å². The highest BCUT2D eigenvalue weighted by Gasteiger charge is 2.46. The van der Waals surface area contributed by atoms with E-state index in [1.54, 1.807) is 24.3 Å². The number of rotatable bonds is 10. The van der Waals surface area contributed by atoms with E-state index in [2.05, 4.69) is 0 Å². The van der Waals surface area contributed by atoms with Crippen molar-refractivity contribution >= 4 is 23.1 Å². The van der Waals surface area contributed by atoms with Crippen molar-refractivity contribution in [2.45, 2.75) is 33.2 Å². The van der Waals surface area contributed by atoms with Crippen LogP contribution in [0.3, 0.4) is 0 Å². The number of Topliss-reactive ketones (excluding diaryl/α,β-unsaturated/α-hetero) is 1. The molecule has 1 aliphatic rings. The maximum absolute atomic E-state index is 13.1. The van der Waals surface area contributed by atoms with Crippen LogP contribution < -0.4 is 4.74 Å². The highest BCUT2D eigenvalue weighted by Crippen LogP contribution is 2.40. The summed E-state index contributed by atoms with van der Waals surface area (Å²) in [7, 11) is 1.53. The number of aliphatic hydroxyl groups is 1. The third-order valence-electron chi connectivity index (χ3n) is 5.70. The molecule has 1 heterocycles. The Hall–Kier alpha value is -3.72. The number of carbonyl (C=O) groups is 2. The lowest BCUT2D eigenvalue weighted by Crippen LogP contribution is -2.31. The van der Waals surface area contributed by atoms with Crippen LogP contribution >= 0.6 is 0 Å². The molecule has 0 spiro atoms. The number of hydrogen-bond donors (Lipinski definition) is 1. The fourth-order valence-corrected chi connectivity index (χ4v) is 4.02. The Morgan fingerprint density at radius 1 is 1.20 bits per heavy atom. The first-order valence-electron chi connectivity index (χ1n) is 11.4. The first-order valence-corrected chi connectivity index (χ1v) is 11.4. The third kappa shape index (κ3) is 5.68. The van der Waals surface area contributed by atoms with E-state index in [9.17, 15) is 24.8 Å². The van der Waals surface area contributed by atoms with Gasteiger partial charge in [0.25, 0.3) is 17.4 Å². The minimum Gasteiger partial charge on any atom is -0.507 e.